The first-order valence-electron chi connectivity index (χ1n) is 14.1. The highest BCUT2D eigenvalue weighted by Crippen LogP contribution is 2.39. The summed E-state index contributed by atoms with van der Waals surface area (Å²) in [5.41, 5.74) is 1.13. The number of benzene rings is 2. The van der Waals surface area contributed by atoms with Gasteiger partial charge >= 0.3 is 18.2 Å². The summed E-state index contributed by atoms with van der Waals surface area (Å²) in [6.07, 6.45) is -0.840. The summed E-state index contributed by atoms with van der Waals surface area (Å²) in [4.78, 5) is 47.1. The van der Waals surface area contributed by atoms with Crippen molar-refractivity contribution in [2.75, 3.05) is 31.4 Å². The monoisotopic (exact) mass is 642 g/mol. The lowest BCUT2D eigenvalue weighted by molar-refractivity contribution is -0.141. The van der Waals surface area contributed by atoms with Crippen molar-refractivity contribution in [2.24, 2.45) is 0 Å². The van der Waals surface area contributed by atoms with Gasteiger partial charge in [-0.25, -0.2) is 28.1 Å². The Morgan fingerprint density at radius 3 is 2.64 bits per heavy atom. The number of ether oxygens (including phenoxy) is 3. The van der Waals surface area contributed by atoms with Crippen LogP contribution >= 0.6 is 11.6 Å². The smallest absolute Gasteiger partial charge is 0.411 e. The second kappa shape index (κ2) is 13.4. The Labute approximate surface area is 261 Å². The van der Waals surface area contributed by atoms with Crippen LogP contribution < -0.4 is 10.6 Å². The highest BCUT2D eigenvalue weighted by atomic mass is 35.5. The molecule has 0 spiro atoms. The van der Waals surface area contributed by atoms with Crippen molar-refractivity contribution in [1.29, 1.82) is 5.26 Å². The number of nitriles is 1. The number of anilines is 2. The molecule has 3 atom stereocenters. The van der Waals surface area contributed by atoms with Crippen LogP contribution in [0.5, 0.6) is 0 Å². The number of nitrogens with zero attached hydrogens (tertiary/aromatic N) is 3. The maximum Gasteiger partial charge on any atom is 0.411 e. The molecule has 2 amide bonds. The van der Waals surface area contributed by atoms with E-state index in [9.17, 15) is 28.4 Å². The first-order chi connectivity index (χ1) is 21.6. The van der Waals surface area contributed by atoms with E-state index in [1.807, 2.05) is 0 Å². The van der Waals surface area contributed by atoms with Crippen LogP contribution in [-0.2, 0) is 19.0 Å². The Hall–Kier alpha value is -4.90. The van der Waals surface area contributed by atoms with Gasteiger partial charge in [-0.2, -0.15) is 5.26 Å². The summed E-state index contributed by atoms with van der Waals surface area (Å²) in [6, 6.07) is 7.52. The van der Waals surface area contributed by atoms with Crippen molar-refractivity contribution < 1.29 is 37.4 Å². The first-order valence-corrected chi connectivity index (χ1v) is 14.5. The molecule has 15 heteroatoms. The predicted molar refractivity (Wildman–Crippen MR) is 157 cm³/mol. The van der Waals surface area contributed by atoms with Gasteiger partial charge in [0.05, 0.1) is 36.5 Å². The minimum atomic E-state index is -1.19. The molecule has 5 rings (SSSR count). The lowest BCUT2D eigenvalue weighted by Gasteiger charge is -2.36. The number of hydrogen-bond donors (Lipinski definition) is 3. The fourth-order valence-electron chi connectivity index (χ4n) is 5.58. The highest BCUT2D eigenvalue weighted by molar-refractivity contribution is 6.30. The van der Waals surface area contributed by atoms with E-state index in [-0.39, 0.29) is 23.7 Å². The number of carbonyl (C=O) groups is 3. The van der Waals surface area contributed by atoms with Crippen molar-refractivity contribution in [2.45, 2.75) is 50.3 Å². The van der Waals surface area contributed by atoms with Gasteiger partial charge in [0.15, 0.2) is 11.5 Å². The first kappa shape index (κ1) is 31.5. The average molecular weight is 643 g/mol. The van der Waals surface area contributed by atoms with Crippen molar-refractivity contribution in [1.82, 2.24) is 14.9 Å². The average Bonchev–Trinajstić information content (AvgIpc) is 3.46. The molecule has 0 radical (unpaired) electrons. The molecule has 3 unspecified atom stereocenters. The van der Waals surface area contributed by atoms with Crippen LogP contribution in [0.2, 0.25) is 5.02 Å². The standard InChI is InChI=1S/C30H29ClF2N6O6/c1-43-28(40)19-5-3-4-6-22(39-12-11-23(45-30(39)42)24-18(32)10-9-17(31)25(24)33)27-37-21(14-34)26(38-27)16-8-7-15(13-20(16)36-19)35-29(41)44-2/h7-10,13,19,22-23,36H,3-6,11-12H2,1-2H3,(H,35,41)(H,37,38). The SMILES string of the molecule is COC(=O)Nc1ccc2c(c1)NC(C(=O)OC)CCCCC(N1CCC(c3c(F)ccc(Cl)c3F)OC1=O)c1nc(C#N)c-2[nH]1. The summed E-state index contributed by atoms with van der Waals surface area (Å²) in [5, 5.41) is 15.5. The van der Waals surface area contributed by atoms with Crippen molar-refractivity contribution in [3.8, 4) is 17.3 Å². The Morgan fingerprint density at radius 1 is 1.16 bits per heavy atom. The zero-order valence-electron chi connectivity index (χ0n) is 24.3. The number of imidazole rings is 1. The van der Waals surface area contributed by atoms with Gasteiger partial charge in [0, 0.05) is 29.9 Å². The Bertz CT molecular complexity index is 1680. The van der Waals surface area contributed by atoms with E-state index in [0.29, 0.717) is 54.1 Å². The topological polar surface area (TPSA) is 159 Å². The van der Waals surface area contributed by atoms with Crippen molar-refractivity contribution in [3.05, 3.63) is 64.1 Å². The number of rotatable bonds is 4. The quantitative estimate of drug-likeness (QED) is 0.171. The lowest BCUT2D eigenvalue weighted by Crippen LogP contribution is -2.42. The maximum atomic E-state index is 14.7. The molecule has 12 nitrogen and oxygen atoms in total. The van der Waals surface area contributed by atoms with E-state index in [1.54, 1.807) is 18.2 Å². The fraction of sp³-hybridized carbons (Fsp3) is 0.367. The van der Waals surface area contributed by atoms with E-state index in [0.717, 1.165) is 12.1 Å². The zero-order chi connectivity index (χ0) is 32.2. The molecular formula is C30H29ClF2N6O6. The van der Waals surface area contributed by atoms with Gasteiger partial charge in [-0.05, 0) is 43.2 Å². The molecule has 0 aliphatic carbocycles. The van der Waals surface area contributed by atoms with Crippen LogP contribution in [0.1, 0.15) is 61.3 Å². The molecule has 2 aliphatic rings. The molecule has 0 saturated carbocycles. The molecule has 2 bridgehead atoms. The highest BCUT2D eigenvalue weighted by Gasteiger charge is 2.38. The minimum absolute atomic E-state index is 0.0203. The molecule has 45 heavy (non-hydrogen) atoms. The van der Waals surface area contributed by atoms with Crippen molar-refractivity contribution in [3.63, 3.8) is 0 Å². The summed E-state index contributed by atoms with van der Waals surface area (Å²) >= 11 is 5.86. The fourth-order valence-corrected chi connectivity index (χ4v) is 5.74. The molecule has 236 valence electrons. The van der Waals surface area contributed by atoms with Crippen LogP contribution in [0.3, 0.4) is 0 Å². The summed E-state index contributed by atoms with van der Waals surface area (Å²) in [6.45, 7) is 0.0724. The zero-order valence-corrected chi connectivity index (χ0v) is 25.0. The molecule has 2 aromatic carbocycles. The van der Waals surface area contributed by atoms with Crippen molar-refractivity contribution >= 4 is 41.1 Å². The summed E-state index contributed by atoms with van der Waals surface area (Å²) in [7, 11) is 2.50. The number of amides is 2. The Morgan fingerprint density at radius 2 is 1.93 bits per heavy atom. The maximum absolute atomic E-state index is 14.7. The number of hydrogen-bond acceptors (Lipinski definition) is 9. The molecule has 3 N–H and O–H groups in total. The van der Waals surface area contributed by atoms with Crippen LogP contribution in [-0.4, -0.2) is 59.8 Å². The third-order valence-corrected chi connectivity index (χ3v) is 8.08. The van der Waals surface area contributed by atoms with Gasteiger partial charge in [-0.3, -0.25) is 10.2 Å². The number of esters is 1. The molecule has 1 aromatic heterocycles. The molecular weight excluding hydrogens is 614 g/mol. The summed E-state index contributed by atoms with van der Waals surface area (Å²) < 4.78 is 44.5. The molecule has 2 aliphatic heterocycles. The van der Waals surface area contributed by atoms with Crippen LogP contribution in [0.25, 0.3) is 11.3 Å². The van der Waals surface area contributed by atoms with E-state index < -0.39 is 53.5 Å². The number of H-pyrrole nitrogens is 1. The normalized spacial score (nSPS) is 19.9. The van der Waals surface area contributed by atoms with Gasteiger partial charge in [0.2, 0.25) is 0 Å². The van der Waals surface area contributed by atoms with E-state index >= 15 is 0 Å². The predicted octanol–water partition coefficient (Wildman–Crippen LogP) is 6.21. The van der Waals surface area contributed by atoms with E-state index in [1.165, 1.54) is 19.1 Å². The van der Waals surface area contributed by atoms with Gasteiger partial charge in [0.1, 0.15) is 29.9 Å². The largest absolute Gasteiger partial charge is 0.467 e. The Kier molecular flexibility index (Phi) is 9.38. The number of aromatic nitrogens is 2. The molecule has 1 saturated heterocycles. The third-order valence-electron chi connectivity index (χ3n) is 7.79. The van der Waals surface area contributed by atoms with Gasteiger partial charge < -0.3 is 24.5 Å². The number of fused-ring (bicyclic) bond motifs is 4. The van der Waals surface area contributed by atoms with Gasteiger partial charge in [-0.15, -0.1) is 0 Å². The van der Waals surface area contributed by atoms with Gasteiger partial charge in [0.25, 0.3) is 0 Å². The van der Waals surface area contributed by atoms with Gasteiger partial charge in [-0.1, -0.05) is 24.4 Å². The second-order valence-corrected chi connectivity index (χ2v) is 10.9. The van der Waals surface area contributed by atoms with E-state index in [2.05, 4.69) is 31.4 Å². The lowest BCUT2D eigenvalue weighted by atomic mass is 9.99. The number of halogens is 3. The molecule has 3 heterocycles. The van der Waals surface area contributed by atoms with Crippen LogP contribution in [0, 0.1) is 23.0 Å². The number of carbonyl (C=O) groups excluding carboxylic acids is 3. The third kappa shape index (κ3) is 6.48. The van der Waals surface area contributed by atoms with Crippen LogP contribution in [0.15, 0.2) is 30.3 Å². The number of cyclic esters (lactones) is 1. The molecule has 1 fully saturated rings. The Balaban J connectivity index is 1.52. The van der Waals surface area contributed by atoms with Crippen LogP contribution in [0.4, 0.5) is 29.7 Å². The minimum Gasteiger partial charge on any atom is -0.467 e. The molecule has 3 aromatic rings. The second-order valence-electron chi connectivity index (χ2n) is 10.5. The number of aromatic amines is 1. The number of nitrogens with one attached hydrogen (secondary N) is 3. The van der Waals surface area contributed by atoms with E-state index in [4.69, 9.17) is 21.1 Å². The number of methoxy groups -OCH3 is 2. The summed E-state index contributed by atoms with van der Waals surface area (Å²) in [5.74, 6) is -2.07.